The van der Waals surface area contributed by atoms with E-state index in [0.717, 1.165) is 6.42 Å². The van der Waals surface area contributed by atoms with Crippen molar-refractivity contribution in [3.05, 3.63) is 23.8 Å². The standard InChI is InChI=1S/C22H35N3O3/c1-10-22(8,9)25-17(26)14-11-15(23-18(27)20(2,3)4)13-16(12-14)24-19(28)21(5,6)7/h11-13H,10H2,1-9H3,(H,23,27)(H,24,28)(H,25,26). The van der Waals surface area contributed by atoms with E-state index in [9.17, 15) is 14.4 Å². The van der Waals surface area contributed by atoms with Gasteiger partial charge >= 0.3 is 0 Å². The molecule has 1 aromatic rings. The van der Waals surface area contributed by atoms with Crippen LogP contribution >= 0.6 is 0 Å². The maximum Gasteiger partial charge on any atom is 0.251 e. The highest BCUT2D eigenvalue weighted by Gasteiger charge is 2.25. The summed E-state index contributed by atoms with van der Waals surface area (Å²) in [6.07, 6.45) is 0.771. The van der Waals surface area contributed by atoms with E-state index >= 15 is 0 Å². The first kappa shape index (κ1) is 23.7. The highest BCUT2D eigenvalue weighted by Crippen LogP contribution is 2.25. The summed E-state index contributed by atoms with van der Waals surface area (Å²) in [6, 6.07) is 4.91. The van der Waals surface area contributed by atoms with Crippen molar-refractivity contribution in [1.29, 1.82) is 0 Å². The highest BCUT2D eigenvalue weighted by molar-refractivity contribution is 6.02. The molecule has 0 heterocycles. The van der Waals surface area contributed by atoms with Crippen LogP contribution in [0.2, 0.25) is 0 Å². The summed E-state index contributed by atoms with van der Waals surface area (Å²) < 4.78 is 0. The molecule has 0 aliphatic carbocycles. The highest BCUT2D eigenvalue weighted by atomic mass is 16.2. The predicted molar refractivity (Wildman–Crippen MR) is 114 cm³/mol. The van der Waals surface area contributed by atoms with Gasteiger partial charge in [-0.1, -0.05) is 48.5 Å². The van der Waals surface area contributed by atoms with Crippen molar-refractivity contribution in [1.82, 2.24) is 5.32 Å². The Morgan fingerprint density at radius 2 is 1.14 bits per heavy atom. The SMILES string of the molecule is CCC(C)(C)NC(=O)c1cc(NC(=O)C(C)(C)C)cc(NC(=O)C(C)(C)C)c1. The van der Waals surface area contributed by atoms with E-state index in [1.54, 1.807) is 18.2 Å². The quantitative estimate of drug-likeness (QED) is 0.689. The Morgan fingerprint density at radius 3 is 1.46 bits per heavy atom. The van der Waals surface area contributed by atoms with Crippen molar-refractivity contribution in [2.24, 2.45) is 10.8 Å². The summed E-state index contributed by atoms with van der Waals surface area (Å²) in [4.78, 5) is 37.5. The van der Waals surface area contributed by atoms with Crippen LogP contribution < -0.4 is 16.0 Å². The molecule has 28 heavy (non-hydrogen) atoms. The van der Waals surface area contributed by atoms with E-state index in [0.29, 0.717) is 16.9 Å². The molecule has 0 aliphatic heterocycles. The van der Waals surface area contributed by atoms with E-state index in [4.69, 9.17) is 0 Å². The Hall–Kier alpha value is -2.37. The van der Waals surface area contributed by atoms with Crippen LogP contribution in [0.1, 0.15) is 79.1 Å². The smallest absolute Gasteiger partial charge is 0.251 e. The maximum absolute atomic E-state index is 12.8. The van der Waals surface area contributed by atoms with Gasteiger partial charge in [-0.05, 0) is 38.5 Å². The van der Waals surface area contributed by atoms with Crippen LogP contribution in [0.15, 0.2) is 18.2 Å². The van der Waals surface area contributed by atoms with E-state index < -0.39 is 10.8 Å². The lowest BCUT2D eigenvalue weighted by molar-refractivity contribution is -0.123. The van der Waals surface area contributed by atoms with Gasteiger partial charge in [0.15, 0.2) is 0 Å². The maximum atomic E-state index is 12.8. The van der Waals surface area contributed by atoms with Crippen LogP contribution in [0, 0.1) is 10.8 Å². The zero-order valence-electron chi connectivity index (χ0n) is 18.7. The molecule has 0 radical (unpaired) electrons. The van der Waals surface area contributed by atoms with Gasteiger partial charge in [0.05, 0.1) is 0 Å². The molecule has 1 aromatic carbocycles. The number of rotatable bonds is 5. The lowest BCUT2D eigenvalue weighted by atomic mass is 9.95. The van der Waals surface area contributed by atoms with Crippen molar-refractivity contribution >= 4 is 29.1 Å². The minimum Gasteiger partial charge on any atom is -0.347 e. The summed E-state index contributed by atoms with van der Waals surface area (Å²) in [5.41, 5.74) is -0.236. The molecular formula is C22H35N3O3. The minimum atomic E-state index is -0.586. The van der Waals surface area contributed by atoms with Crippen LogP contribution in [-0.4, -0.2) is 23.3 Å². The van der Waals surface area contributed by atoms with E-state index in [1.807, 2.05) is 62.3 Å². The molecule has 0 bridgehead atoms. The summed E-state index contributed by atoms with van der Waals surface area (Å²) in [6.45, 7) is 16.7. The third kappa shape index (κ3) is 6.98. The molecule has 156 valence electrons. The fourth-order valence-corrected chi connectivity index (χ4v) is 2.01. The molecule has 0 spiro atoms. The van der Waals surface area contributed by atoms with Gasteiger partial charge in [-0.3, -0.25) is 14.4 Å². The van der Waals surface area contributed by atoms with Gasteiger partial charge in [0, 0.05) is 33.3 Å². The lowest BCUT2D eigenvalue weighted by Crippen LogP contribution is -2.42. The van der Waals surface area contributed by atoms with Gasteiger partial charge in [0.25, 0.3) is 5.91 Å². The van der Waals surface area contributed by atoms with Crippen molar-refractivity contribution < 1.29 is 14.4 Å². The second-order valence-corrected chi connectivity index (χ2v) is 9.90. The Labute approximate surface area is 168 Å². The minimum absolute atomic E-state index is 0.174. The molecule has 6 heteroatoms. The zero-order chi connectivity index (χ0) is 21.9. The van der Waals surface area contributed by atoms with Gasteiger partial charge in [-0.15, -0.1) is 0 Å². The van der Waals surface area contributed by atoms with Crippen LogP contribution in [0.4, 0.5) is 11.4 Å². The number of carbonyl (C=O) groups is 3. The second kappa shape index (κ2) is 8.33. The van der Waals surface area contributed by atoms with Crippen molar-refractivity contribution in [3.63, 3.8) is 0 Å². The molecule has 6 nitrogen and oxygen atoms in total. The fraction of sp³-hybridized carbons (Fsp3) is 0.591. The molecule has 0 fully saturated rings. The first-order chi connectivity index (χ1) is 12.5. The number of hydrogen-bond acceptors (Lipinski definition) is 3. The first-order valence-electron chi connectivity index (χ1n) is 9.66. The molecule has 3 N–H and O–H groups in total. The van der Waals surface area contributed by atoms with Crippen LogP contribution in [-0.2, 0) is 9.59 Å². The number of hydrogen-bond donors (Lipinski definition) is 3. The molecule has 0 saturated heterocycles. The first-order valence-corrected chi connectivity index (χ1v) is 9.66. The van der Waals surface area contributed by atoms with Gasteiger partial charge in [-0.25, -0.2) is 0 Å². The molecule has 3 amide bonds. The number of anilines is 2. The number of benzene rings is 1. The average Bonchev–Trinajstić information content (AvgIpc) is 2.52. The largest absolute Gasteiger partial charge is 0.347 e. The normalized spacial score (nSPS) is 12.3. The summed E-state index contributed by atoms with van der Waals surface area (Å²) in [7, 11) is 0. The fourth-order valence-electron chi connectivity index (χ4n) is 2.01. The van der Waals surface area contributed by atoms with Gasteiger partial charge < -0.3 is 16.0 Å². The molecule has 1 rings (SSSR count). The van der Waals surface area contributed by atoms with E-state index in [1.165, 1.54) is 0 Å². The summed E-state index contributed by atoms with van der Waals surface area (Å²) in [5.74, 6) is -0.607. The van der Waals surface area contributed by atoms with E-state index in [-0.39, 0.29) is 23.3 Å². The Balaban J connectivity index is 3.29. The number of amides is 3. The van der Waals surface area contributed by atoms with Crippen LogP contribution in [0.5, 0.6) is 0 Å². The Bertz CT molecular complexity index is 707. The number of carbonyl (C=O) groups excluding carboxylic acids is 3. The van der Waals surface area contributed by atoms with Gasteiger partial charge in [0.2, 0.25) is 11.8 Å². The molecule has 0 saturated carbocycles. The van der Waals surface area contributed by atoms with Crippen molar-refractivity contribution in [2.45, 2.75) is 74.3 Å². The van der Waals surface area contributed by atoms with Crippen LogP contribution in [0.3, 0.4) is 0 Å². The molecule has 0 aromatic heterocycles. The van der Waals surface area contributed by atoms with Gasteiger partial charge in [-0.2, -0.15) is 0 Å². The van der Waals surface area contributed by atoms with Crippen molar-refractivity contribution in [2.75, 3.05) is 10.6 Å². The topological polar surface area (TPSA) is 87.3 Å². The van der Waals surface area contributed by atoms with Crippen LogP contribution in [0.25, 0.3) is 0 Å². The third-order valence-electron chi connectivity index (χ3n) is 4.41. The predicted octanol–water partition coefficient (Wildman–Crippen LogP) is 4.57. The Kier molecular flexibility index (Phi) is 7.04. The average molecular weight is 390 g/mol. The van der Waals surface area contributed by atoms with Crippen molar-refractivity contribution in [3.8, 4) is 0 Å². The molecular weight excluding hydrogens is 354 g/mol. The summed E-state index contributed by atoms with van der Waals surface area (Å²) >= 11 is 0. The van der Waals surface area contributed by atoms with E-state index in [2.05, 4.69) is 16.0 Å². The summed E-state index contributed by atoms with van der Waals surface area (Å²) in [5, 5.41) is 8.65. The number of nitrogens with one attached hydrogen (secondary N) is 3. The Morgan fingerprint density at radius 1 is 0.750 bits per heavy atom. The van der Waals surface area contributed by atoms with Gasteiger partial charge in [0.1, 0.15) is 0 Å². The third-order valence-corrected chi connectivity index (χ3v) is 4.41. The molecule has 0 aliphatic rings. The zero-order valence-corrected chi connectivity index (χ0v) is 18.7. The molecule has 0 atom stereocenters. The monoisotopic (exact) mass is 389 g/mol. The second-order valence-electron chi connectivity index (χ2n) is 9.90. The lowest BCUT2D eigenvalue weighted by Gasteiger charge is -2.25. The molecule has 0 unspecified atom stereocenters.